The van der Waals surface area contributed by atoms with Crippen LogP contribution < -0.4 is 11.1 Å². The molecule has 4 N–H and O–H groups in total. The SMILES string of the molecule is COC(=O)C=C(C)NC(C(=O)O)c1ccc2nc(N)sc2c1. The maximum atomic E-state index is 11.5. The summed E-state index contributed by atoms with van der Waals surface area (Å²) in [4.78, 5) is 26.8. The van der Waals surface area contributed by atoms with Gasteiger partial charge < -0.3 is 20.9 Å². The second-order valence-corrected chi connectivity index (χ2v) is 5.61. The van der Waals surface area contributed by atoms with Gasteiger partial charge in [0.25, 0.3) is 0 Å². The maximum Gasteiger partial charge on any atom is 0.332 e. The lowest BCUT2D eigenvalue weighted by Crippen LogP contribution is -2.27. The van der Waals surface area contributed by atoms with Crippen molar-refractivity contribution in [3.8, 4) is 0 Å². The van der Waals surface area contributed by atoms with Gasteiger partial charge >= 0.3 is 11.9 Å². The molecule has 0 amide bonds. The first-order valence-corrected chi connectivity index (χ1v) is 7.14. The van der Waals surface area contributed by atoms with Crippen molar-refractivity contribution in [2.24, 2.45) is 0 Å². The fraction of sp³-hybridized carbons (Fsp3) is 0.214. The van der Waals surface area contributed by atoms with Gasteiger partial charge in [-0.2, -0.15) is 0 Å². The molecular weight excluding hydrogens is 306 g/mol. The Labute approximate surface area is 130 Å². The van der Waals surface area contributed by atoms with Gasteiger partial charge in [-0.05, 0) is 24.6 Å². The Bertz CT molecular complexity index is 754. The number of nitrogens with two attached hydrogens (primary N) is 1. The first kappa shape index (κ1) is 15.8. The number of nitrogen functional groups attached to an aromatic ring is 1. The highest BCUT2D eigenvalue weighted by atomic mass is 32.1. The summed E-state index contributed by atoms with van der Waals surface area (Å²) in [6, 6.07) is 4.11. The zero-order chi connectivity index (χ0) is 16.3. The molecule has 0 bridgehead atoms. The standard InChI is InChI=1S/C14H15N3O4S/c1-7(5-11(18)21-2)16-12(13(19)20)8-3-4-9-10(6-8)22-14(15)17-9/h3-6,12,16H,1-2H3,(H2,15,17)(H,19,20). The molecule has 0 saturated heterocycles. The molecule has 116 valence electrons. The Kier molecular flexibility index (Phi) is 4.62. The molecule has 7 nitrogen and oxygen atoms in total. The smallest absolute Gasteiger partial charge is 0.332 e. The number of fused-ring (bicyclic) bond motifs is 1. The van der Waals surface area contributed by atoms with Crippen LogP contribution in [-0.4, -0.2) is 29.1 Å². The number of ether oxygens (including phenoxy) is 1. The summed E-state index contributed by atoms with van der Waals surface area (Å²) in [5.41, 5.74) is 7.30. The van der Waals surface area contributed by atoms with Crippen molar-refractivity contribution in [1.82, 2.24) is 10.3 Å². The van der Waals surface area contributed by atoms with Crippen LogP contribution in [0.2, 0.25) is 0 Å². The minimum atomic E-state index is -1.06. The molecule has 1 unspecified atom stereocenters. The van der Waals surface area contributed by atoms with E-state index in [-0.39, 0.29) is 0 Å². The fourth-order valence-corrected chi connectivity index (χ4v) is 2.71. The van der Waals surface area contributed by atoms with Crippen LogP contribution in [0.15, 0.2) is 30.0 Å². The van der Waals surface area contributed by atoms with Crippen LogP contribution in [0, 0.1) is 0 Å². The summed E-state index contributed by atoms with van der Waals surface area (Å²) < 4.78 is 5.31. The molecule has 2 rings (SSSR count). The summed E-state index contributed by atoms with van der Waals surface area (Å²) in [6.07, 6.45) is 1.19. The number of anilines is 1. The van der Waals surface area contributed by atoms with E-state index in [1.165, 1.54) is 24.5 Å². The van der Waals surface area contributed by atoms with Gasteiger partial charge in [0.05, 0.1) is 17.3 Å². The summed E-state index contributed by atoms with van der Waals surface area (Å²) in [5.74, 6) is -1.62. The highest BCUT2D eigenvalue weighted by Crippen LogP contribution is 2.27. The predicted molar refractivity (Wildman–Crippen MR) is 83.3 cm³/mol. The summed E-state index contributed by atoms with van der Waals surface area (Å²) in [6.45, 7) is 1.59. The van der Waals surface area contributed by atoms with Crippen molar-refractivity contribution < 1.29 is 19.4 Å². The van der Waals surface area contributed by atoms with Gasteiger partial charge in [0.2, 0.25) is 0 Å². The molecule has 1 atom stereocenters. The first-order valence-electron chi connectivity index (χ1n) is 6.32. The van der Waals surface area contributed by atoms with E-state index in [9.17, 15) is 14.7 Å². The number of carboxylic acid groups (broad SMARTS) is 1. The molecule has 1 aromatic carbocycles. The van der Waals surface area contributed by atoms with E-state index in [4.69, 9.17) is 5.73 Å². The number of carboxylic acids is 1. The van der Waals surface area contributed by atoms with E-state index in [2.05, 4.69) is 15.0 Å². The van der Waals surface area contributed by atoms with Crippen LogP contribution >= 0.6 is 11.3 Å². The number of rotatable bonds is 5. The normalized spacial score (nSPS) is 12.9. The lowest BCUT2D eigenvalue weighted by molar-refractivity contribution is -0.139. The van der Waals surface area contributed by atoms with Crippen LogP contribution in [0.5, 0.6) is 0 Å². The number of nitrogens with one attached hydrogen (secondary N) is 1. The van der Waals surface area contributed by atoms with Gasteiger partial charge in [0.1, 0.15) is 6.04 Å². The molecule has 0 radical (unpaired) electrons. The number of carbonyl (C=O) groups excluding carboxylic acids is 1. The molecule has 0 fully saturated rings. The van der Waals surface area contributed by atoms with Crippen LogP contribution in [0.3, 0.4) is 0 Å². The van der Waals surface area contributed by atoms with Crippen LogP contribution in [0.4, 0.5) is 5.13 Å². The van der Waals surface area contributed by atoms with Crippen molar-refractivity contribution in [3.63, 3.8) is 0 Å². The number of aromatic nitrogens is 1. The zero-order valence-corrected chi connectivity index (χ0v) is 12.8. The molecule has 0 saturated carbocycles. The van der Waals surface area contributed by atoms with Gasteiger partial charge in [-0.25, -0.2) is 14.6 Å². The van der Waals surface area contributed by atoms with Crippen molar-refractivity contribution in [2.45, 2.75) is 13.0 Å². The molecule has 0 aliphatic carbocycles. The first-order chi connectivity index (χ1) is 10.4. The van der Waals surface area contributed by atoms with E-state index < -0.39 is 18.0 Å². The highest BCUT2D eigenvalue weighted by Gasteiger charge is 2.20. The number of thiazole rings is 1. The fourth-order valence-electron chi connectivity index (χ4n) is 1.93. The molecule has 1 heterocycles. The summed E-state index contributed by atoms with van der Waals surface area (Å²) in [5, 5.41) is 12.6. The monoisotopic (exact) mass is 321 g/mol. The number of methoxy groups -OCH3 is 1. The lowest BCUT2D eigenvalue weighted by atomic mass is 10.1. The maximum absolute atomic E-state index is 11.5. The van der Waals surface area contributed by atoms with E-state index in [0.29, 0.717) is 16.4 Å². The topological polar surface area (TPSA) is 115 Å². The molecule has 2 aromatic rings. The Balaban J connectivity index is 2.31. The van der Waals surface area contributed by atoms with Gasteiger partial charge in [-0.15, -0.1) is 0 Å². The van der Waals surface area contributed by atoms with E-state index in [1.807, 2.05) is 0 Å². The number of esters is 1. The summed E-state index contributed by atoms with van der Waals surface area (Å²) >= 11 is 1.29. The third kappa shape index (κ3) is 3.53. The van der Waals surface area contributed by atoms with E-state index in [0.717, 1.165) is 10.2 Å². The number of hydrogen-bond acceptors (Lipinski definition) is 7. The van der Waals surface area contributed by atoms with Crippen LogP contribution in [-0.2, 0) is 14.3 Å². The number of hydrogen-bond donors (Lipinski definition) is 3. The van der Waals surface area contributed by atoms with E-state index in [1.54, 1.807) is 25.1 Å². The quantitative estimate of drug-likeness (QED) is 0.567. The summed E-state index contributed by atoms with van der Waals surface area (Å²) in [7, 11) is 1.25. The highest BCUT2D eigenvalue weighted by molar-refractivity contribution is 7.22. The Hall–Kier alpha value is -2.61. The predicted octanol–water partition coefficient (Wildman–Crippen LogP) is 1.67. The minimum absolute atomic E-state index is 0.392. The minimum Gasteiger partial charge on any atom is -0.479 e. The van der Waals surface area contributed by atoms with Crippen LogP contribution in [0.25, 0.3) is 10.2 Å². The molecule has 0 aliphatic rings. The largest absolute Gasteiger partial charge is 0.479 e. The molecular formula is C14H15N3O4S. The number of benzene rings is 1. The Morgan fingerprint density at radius 2 is 2.23 bits per heavy atom. The van der Waals surface area contributed by atoms with Crippen LogP contribution in [0.1, 0.15) is 18.5 Å². The van der Waals surface area contributed by atoms with E-state index >= 15 is 0 Å². The number of aliphatic carboxylic acids is 1. The van der Waals surface area contributed by atoms with Crippen molar-refractivity contribution in [2.75, 3.05) is 12.8 Å². The van der Waals surface area contributed by atoms with Crippen molar-refractivity contribution in [3.05, 3.63) is 35.5 Å². The Morgan fingerprint density at radius 1 is 1.50 bits per heavy atom. The average Bonchev–Trinajstić information content (AvgIpc) is 2.83. The molecule has 22 heavy (non-hydrogen) atoms. The number of nitrogens with zero attached hydrogens (tertiary/aromatic N) is 1. The van der Waals surface area contributed by atoms with Gasteiger partial charge in [-0.1, -0.05) is 17.4 Å². The third-order valence-electron chi connectivity index (χ3n) is 2.92. The molecule has 0 aliphatic heterocycles. The second-order valence-electron chi connectivity index (χ2n) is 4.55. The number of carbonyl (C=O) groups is 2. The van der Waals surface area contributed by atoms with Gasteiger partial charge in [-0.3, -0.25) is 0 Å². The number of allylic oxidation sites excluding steroid dienone is 1. The Morgan fingerprint density at radius 3 is 2.86 bits per heavy atom. The molecule has 1 aromatic heterocycles. The van der Waals surface area contributed by atoms with Gasteiger partial charge in [0, 0.05) is 11.8 Å². The molecule has 8 heteroatoms. The zero-order valence-electron chi connectivity index (χ0n) is 12.0. The lowest BCUT2D eigenvalue weighted by Gasteiger charge is -2.16. The van der Waals surface area contributed by atoms with Crippen molar-refractivity contribution in [1.29, 1.82) is 0 Å². The third-order valence-corrected chi connectivity index (χ3v) is 3.76. The molecule has 0 spiro atoms. The second kappa shape index (κ2) is 6.44. The average molecular weight is 321 g/mol. The van der Waals surface area contributed by atoms with Gasteiger partial charge in [0.15, 0.2) is 5.13 Å². The van der Waals surface area contributed by atoms with Crippen molar-refractivity contribution >= 4 is 38.6 Å².